The molecule has 0 bridgehead atoms. The molecular formula is C23H30N2O2. The lowest BCUT2D eigenvalue weighted by atomic mass is 9.98. The van der Waals surface area contributed by atoms with Gasteiger partial charge in [-0.25, -0.2) is 0 Å². The van der Waals surface area contributed by atoms with Gasteiger partial charge in [-0.05, 0) is 61.9 Å². The molecule has 0 aromatic heterocycles. The summed E-state index contributed by atoms with van der Waals surface area (Å²) in [5.74, 6) is 0.563. The summed E-state index contributed by atoms with van der Waals surface area (Å²) in [4.78, 5) is 15.0. The van der Waals surface area contributed by atoms with E-state index in [2.05, 4.69) is 35.3 Å². The number of ether oxygens (including phenoxy) is 1. The van der Waals surface area contributed by atoms with Crippen molar-refractivity contribution >= 4 is 11.6 Å². The fraction of sp³-hybridized carbons (Fsp3) is 0.435. The molecule has 144 valence electrons. The number of nitrogens with zero attached hydrogens (tertiary/aromatic N) is 1. The predicted molar refractivity (Wildman–Crippen MR) is 111 cm³/mol. The summed E-state index contributed by atoms with van der Waals surface area (Å²) < 4.78 is 5.55. The minimum atomic E-state index is -0.0777. The van der Waals surface area contributed by atoms with E-state index in [9.17, 15) is 4.79 Å². The second-order valence-corrected chi connectivity index (χ2v) is 6.99. The highest BCUT2D eigenvalue weighted by Gasteiger charge is 2.16. The van der Waals surface area contributed by atoms with Gasteiger partial charge in [-0.1, -0.05) is 31.2 Å². The number of hydrogen-bond acceptors (Lipinski definition) is 3. The van der Waals surface area contributed by atoms with Crippen molar-refractivity contribution in [2.24, 2.45) is 0 Å². The number of para-hydroxylation sites is 1. The number of amides is 1. The monoisotopic (exact) mass is 366 g/mol. The number of rotatable bonds is 8. The molecular weight excluding hydrogens is 336 g/mol. The number of aryl methyl sites for hydroxylation is 1. The molecule has 1 N–H and O–H groups in total. The van der Waals surface area contributed by atoms with E-state index in [1.165, 1.54) is 29.7 Å². The van der Waals surface area contributed by atoms with Crippen LogP contribution in [0.4, 0.5) is 5.69 Å². The second kappa shape index (κ2) is 9.45. The lowest BCUT2D eigenvalue weighted by Crippen LogP contribution is -2.30. The van der Waals surface area contributed by atoms with Gasteiger partial charge in [-0.3, -0.25) is 4.79 Å². The van der Waals surface area contributed by atoms with Gasteiger partial charge in [0, 0.05) is 25.3 Å². The van der Waals surface area contributed by atoms with Crippen LogP contribution in [0.25, 0.3) is 0 Å². The van der Waals surface area contributed by atoms with Crippen molar-refractivity contribution < 1.29 is 9.53 Å². The van der Waals surface area contributed by atoms with Crippen LogP contribution in [0, 0.1) is 0 Å². The van der Waals surface area contributed by atoms with Gasteiger partial charge in [0.15, 0.2) is 0 Å². The van der Waals surface area contributed by atoms with E-state index in [4.69, 9.17) is 4.74 Å². The summed E-state index contributed by atoms with van der Waals surface area (Å²) in [5.41, 5.74) is 4.72. The van der Waals surface area contributed by atoms with E-state index < -0.39 is 0 Å². The molecule has 0 radical (unpaired) electrons. The first kappa shape index (κ1) is 19.3. The molecule has 2 aromatic rings. The van der Waals surface area contributed by atoms with E-state index in [0.717, 1.165) is 25.9 Å². The van der Waals surface area contributed by atoms with Crippen molar-refractivity contribution in [3.8, 4) is 5.75 Å². The fourth-order valence-corrected chi connectivity index (χ4v) is 3.74. The number of nitrogens with one attached hydrogen (secondary N) is 1. The van der Waals surface area contributed by atoms with E-state index in [0.29, 0.717) is 24.5 Å². The van der Waals surface area contributed by atoms with Crippen molar-refractivity contribution in [2.75, 3.05) is 31.1 Å². The Morgan fingerprint density at radius 3 is 2.85 bits per heavy atom. The smallest absolute Gasteiger partial charge is 0.255 e. The van der Waals surface area contributed by atoms with Crippen molar-refractivity contribution in [3.63, 3.8) is 0 Å². The third-order valence-corrected chi connectivity index (χ3v) is 4.98. The Hall–Kier alpha value is -2.49. The van der Waals surface area contributed by atoms with Crippen LogP contribution in [0.1, 0.15) is 48.2 Å². The van der Waals surface area contributed by atoms with Crippen molar-refractivity contribution in [2.45, 2.75) is 39.5 Å². The normalized spacial score (nSPS) is 13.2. The molecule has 1 aliphatic rings. The Morgan fingerprint density at radius 2 is 2.04 bits per heavy atom. The minimum absolute atomic E-state index is 0.0777. The average Bonchev–Trinajstić information content (AvgIpc) is 2.69. The van der Waals surface area contributed by atoms with E-state index in [-0.39, 0.29) is 5.91 Å². The first-order valence-electron chi connectivity index (χ1n) is 10.1. The second-order valence-electron chi connectivity index (χ2n) is 6.99. The third-order valence-electron chi connectivity index (χ3n) is 4.98. The number of anilines is 1. The molecule has 0 saturated heterocycles. The maximum absolute atomic E-state index is 12.5. The maximum Gasteiger partial charge on any atom is 0.255 e. The van der Waals surface area contributed by atoms with Crippen LogP contribution in [0.15, 0.2) is 42.5 Å². The van der Waals surface area contributed by atoms with Crippen LogP contribution >= 0.6 is 0 Å². The van der Waals surface area contributed by atoms with E-state index in [1.807, 2.05) is 31.2 Å². The Labute approximate surface area is 162 Å². The fourth-order valence-electron chi connectivity index (χ4n) is 3.74. The van der Waals surface area contributed by atoms with Gasteiger partial charge in [0.05, 0.1) is 12.2 Å². The SMILES string of the molecule is CCCN1CCCc2cc(CCNC(=O)c3ccccc3OCC)ccc21. The quantitative estimate of drug-likeness (QED) is 0.760. The largest absolute Gasteiger partial charge is 0.493 e. The zero-order valence-corrected chi connectivity index (χ0v) is 16.5. The first-order chi connectivity index (χ1) is 13.2. The van der Waals surface area contributed by atoms with Crippen LogP contribution in [-0.4, -0.2) is 32.1 Å². The van der Waals surface area contributed by atoms with Gasteiger partial charge in [0.2, 0.25) is 0 Å². The molecule has 1 heterocycles. The average molecular weight is 367 g/mol. The molecule has 4 nitrogen and oxygen atoms in total. The summed E-state index contributed by atoms with van der Waals surface area (Å²) in [6.07, 6.45) is 4.39. The molecule has 2 aromatic carbocycles. The van der Waals surface area contributed by atoms with Crippen LogP contribution in [0.5, 0.6) is 5.75 Å². The van der Waals surface area contributed by atoms with Gasteiger partial charge < -0.3 is 15.0 Å². The van der Waals surface area contributed by atoms with Crippen LogP contribution < -0.4 is 15.0 Å². The molecule has 0 spiro atoms. The highest BCUT2D eigenvalue weighted by molar-refractivity contribution is 5.96. The summed E-state index contributed by atoms with van der Waals surface area (Å²) in [6, 6.07) is 14.2. The first-order valence-corrected chi connectivity index (χ1v) is 10.1. The molecule has 0 aliphatic carbocycles. The Bertz CT molecular complexity index is 773. The van der Waals surface area contributed by atoms with Gasteiger partial charge in [-0.2, -0.15) is 0 Å². The van der Waals surface area contributed by atoms with E-state index >= 15 is 0 Å². The van der Waals surface area contributed by atoms with Crippen LogP contribution in [-0.2, 0) is 12.8 Å². The summed E-state index contributed by atoms with van der Waals surface area (Å²) in [6.45, 7) is 7.61. The van der Waals surface area contributed by atoms with Crippen molar-refractivity contribution in [1.82, 2.24) is 5.32 Å². The van der Waals surface area contributed by atoms with E-state index in [1.54, 1.807) is 0 Å². The van der Waals surface area contributed by atoms with Crippen molar-refractivity contribution in [3.05, 3.63) is 59.2 Å². The molecule has 27 heavy (non-hydrogen) atoms. The van der Waals surface area contributed by atoms with Crippen LogP contribution in [0.2, 0.25) is 0 Å². The predicted octanol–water partition coefficient (Wildman–Crippen LogP) is 4.22. The lowest BCUT2D eigenvalue weighted by Gasteiger charge is -2.31. The number of hydrogen-bond donors (Lipinski definition) is 1. The molecule has 3 rings (SSSR count). The number of benzene rings is 2. The Balaban J connectivity index is 1.59. The summed E-state index contributed by atoms with van der Waals surface area (Å²) in [7, 11) is 0. The summed E-state index contributed by atoms with van der Waals surface area (Å²) in [5, 5.41) is 3.03. The highest BCUT2D eigenvalue weighted by atomic mass is 16.5. The van der Waals surface area contributed by atoms with Gasteiger partial charge >= 0.3 is 0 Å². The zero-order valence-electron chi connectivity index (χ0n) is 16.5. The Morgan fingerprint density at radius 1 is 1.19 bits per heavy atom. The topological polar surface area (TPSA) is 41.6 Å². The third kappa shape index (κ3) is 4.82. The van der Waals surface area contributed by atoms with Crippen molar-refractivity contribution in [1.29, 1.82) is 0 Å². The molecule has 1 amide bonds. The maximum atomic E-state index is 12.5. The molecule has 0 atom stereocenters. The van der Waals surface area contributed by atoms with Gasteiger partial charge in [0.1, 0.15) is 5.75 Å². The summed E-state index contributed by atoms with van der Waals surface area (Å²) >= 11 is 0. The molecule has 0 unspecified atom stereocenters. The standard InChI is InChI=1S/C23H30N2O2/c1-3-15-25-16-7-8-19-17-18(11-12-21(19)25)13-14-24-23(26)20-9-5-6-10-22(20)27-4-2/h5-6,9-12,17H,3-4,7-8,13-16H2,1-2H3,(H,24,26). The Kier molecular flexibility index (Phi) is 6.74. The van der Waals surface area contributed by atoms with Crippen LogP contribution in [0.3, 0.4) is 0 Å². The zero-order chi connectivity index (χ0) is 19.1. The molecule has 4 heteroatoms. The molecule has 0 fully saturated rings. The van der Waals surface area contributed by atoms with Gasteiger partial charge in [0.25, 0.3) is 5.91 Å². The van der Waals surface area contributed by atoms with Gasteiger partial charge in [-0.15, -0.1) is 0 Å². The molecule has 1 aliphatic heterocycles. The lowest BCUT2D eigenvalue weighted by molar-refractivity contribution is 0.0950. The number of carbonyl (C=O) groups is 1. The number of carbonyl (C=O) groups excluding carboxylic acids is 1. The minimum Gasteiger partial charge on any atom is -0.493 e. The molecule has 0 saturated carbocycles. The highest BCUT2D eigenvalue weighted by Crippen LogP contribution is 2.28. The number of fused-ring (bicyclic) bond motifs is 1.